The third-order valence-corrected chi connectivity index (χ3v) is 15.3. The molecule has 0 spiro atoms. The fourth-order valence-electron chi connectivity index (χ4n) is 11.0. The van der Waals surface area contributed by atoms with E-state index < -0.39 is 5.97 Å². The number of aliphatic hydroxyl groups is 1. The quantitative estimate of drug-likeness (QED) is 0.0311. The Morgan fingerprint density at radius 1 is 0.514 bits per heavy atom. The summed E-state index contributed by atoms with van der Waals surface area (Å²) in [6.45, 7) is 11.7. The van der Waals surface area contributed by atoms with Crippen LogP contribution in [0.15, 0.2) is 123 Å². The Bertz CT molecular complexity index is 2150. The molecule has 0 saturated heterocycles. The number of carbonyl (C=O) groups excluding carboxylic acids is 1. The molecule has 4 aromatic carbocycles. The number of carboxylic acid groups (broad SMARTS) is 1. The van der Waals surface area contributed by atoms with Gasteiger partial charge in [-0.2, -0.15) is 0 Å². The first-order chi connectivity index (χ1) is 34.7. The molecule has 4 aliphatic rings. The maximum Gasteiger partial charge on any atom is 0.309 e. The highest BCUT2D eigenvalue weighted by Crippen LogP contribution is 2.40. The highest BCUT2D eigenvalue weighted by molar-refractivity contribution is 5.72. The molecule has 2 N–H and O–H groups in total. The van der Waals surface area contributed by atoms with E-state index in [1.807, 2.05) is 24.3 Å². The van der Waals surface area contributed by atoms with Crippen LogP contribution in [0.3, 0.4) is 0 Å². The summed E-state index contributed by atoms with van der Waals surface area (Å²) < 4.78 is 26.8. The molecule has 8 rings (SSSR count). The minimum absolute atomic E-state index is 0. The maximum absolute atomic E-state index is 12.9. The number of benzene rings is 4. The normalized spacial score (nSPS) is 23.7. The Balaban J connectivity index is 0.000000257. The fourth-order valence-corrected chi connectivity index (χ4v) is 11.0. The lowest BCUT2D eigenvalue weighted by Gasteiger charge is -2.32. The van der Waals surface area contributed by atoms with Crippen molar-refractivity contribution in [1.29, 1.82) is 0 Å². The zero-order valence-corrected chi connectivity index (χ0v) is 45.3. The van der Waals surface area contributed by atoms with Crippen LogP contribution in [0.2, 0.25) is 0 Å². The molecule has 0 unspecified atom stereocenters. The topological polar surface area (TPSA) is 121 Å². The Morgan fingerprint density at radius 3 is 1.19 bits per heavy atom. The summed E-state index contributed by atoms with van der Waals surface area (Å²) in [5.41, 5.74) is 8.30. The highest BCUT2D eigenvalue weighted by Gasteiger charge is 2.32. The van der Waals surface area contributed by atoms with E-state index in [-0.39, 0.29) is 69.0 Å². The first-order valence-electron chi connectivity index (χ1n) is 26.9. The lowest BCUT2D eigenvalue weighted by Crippen LogP contribution is -3.00. The lowest BCUT2D eigenvalue weighted by molar-refractivity contribution is -0.157. The number of hydrogen-bond acceptors (Lipinski definition) is 8. The molecule has 4 aliphatic carbocycles. The fraction of sp³-hybridized carbons (Fsp3) is 0.516. The van der Waals surface area contributed by atoms with Crippen LogP contribution in [0.5, 0.6) is 11.5 Å². The number of carbonyl (C=O) groups is 2. The van der Waals surface area contributed by atoms with Crippen molar-refractivity contribution in [2.24, 2.45) is 11.8 Å². The first-order valence-corrected chi connectivity index (χ1v) is 26.9. The highest BCUT2D eigenvalue weighted by atomic mass is 127. The van der Waals surface area contributed by atoms with Gasteiger partial charge in [0.25, 0.3) is 0 Å². The molecule has 0 atom stereocenters. The molecule has 9 nitrogen and oxygen atoms in total. The number of rotatable bonds is 19. The zero-order valence-electron chi connectivity index (χ0n) is 44.1. The van der Waals surface area contributed by atoms with Gasteiger partial charge in [0, 0.05) is 0 Å². The lowest BCUT2D eigenvalue weighted by atomic mass is 9.78. The summed E-state index contributed by atoms with van der Waals surface area (Å²) in [6, 6.07) is 34.4. The molecule has 10 heteroatoms. The average Bonchev–Trinajstić information content (AvgIpc) is 3.41. The first kappa shape index (κ1) is 58.1. The van der Waals surface area contributed by atoms with E-state index in [9.17, 15) is 14.7 Å². The van der Waals surface area contributed by atoms with E-state index in [0.29, 0.717) is 23.7 Å². The van der Waals surface area contributed by atoms with Crippen molar-refractivity contribution in [3.8, 4) is 11.5 Å². The summed E-state index contributed by atoms with van der Waals surface area (Å²) in [5.74, 6) is 3.21. The van der Waals surface area contributed by atoms with E-state index >= 15 is 0 Å². The second-order valence-corrected chi connectivity index (χ2v) is 20.2. The number of aliphatic carboxylic acids is 1. The Morgan fingerprint density at radius 2 is 0.847 bits per heavy atom. The van der Waals surface area contributed by atoms with Crippen LogP contribution in [0, 0.1) is 11.8 Å². The summed E-state index contributed by atoms with van der Waals surface area (Å²) >= 11 is 0. The zero-order chi connectivity index (χ0) is 50.2. The van der Waals surface area contributed by atoms with Gasteiger partial charge in [-0.3, -0.25) is 9.59 Å². The molecule has 72 heavy (non-hydrogen) atoms. The van der Waals surface area contributed by atoms with Crippen molar-refractivity contribution in [2.45, 2.75) is 178 Å². The molecule has 0 amide bonds. The molecule has 394 valence electrons. The van der Waals surface area contributed by atoms with Gasteiger partial charge < -0.3 is 59.3 Å². The largest absolute Gasteiger partial charge is 1.00 e. The minimum Gasteiger partial charge on any atom is -1.00 e. The Labute approximate surface area is 449 Å². The van der Waals surface area contributed by atoms with Gasteiger partial charge in [-0.05, 0) is 197 Å². The predicted octanol–water partition coefficient (Wildman–Crippen LogP) is 12.0. The minimum atomic E-state index is -0.619. The number of carboxylic acids is 1. The molecule has 0 bridgehead atoms. The van der Waals surface area contributed by atoms with Crippen molar-refractivity contribution in [3.63, 3.8) is 0 Å². The summed E-state index contributed by atoms with van der Waals surface area (Å²) in [6.07, 6.45) is 23.1. The maximum atomic E-state index is 12.9. The van der Waals surface area contributed by atoms with Crippen molar-refractivity contribution in [3.05, 3.63) is 156 Å². The van der Waals surface area contributed by atoms with Crippen molar-refractivity contribution < 1.29 is 68.9 Å². The van der Waals surface area contributed by atoms with Crippen molar-refractivity contribution >= 4 is 11.9 Å². The van der Waals surface area contributed by atoms with E-state index in [2.05, 4.69) is 99.8 Å². The molecular weight excluding hydrogens is 1020 g/mol. The van der Waals surface area contributed by atoms with E-state index in [1.165, 1.54) is 58.7 Å². The molecule has 0 aliphatic heterocycles. The van der Waals surface area contributed by atoms with Gasteiger partial charge in [0.1, 0.15) is 17.6 Å². The van der Waals surface area contributed by atoms with Crippen molar-refractivity contribution in [1.82, 2.24) is 0 Å². The number of esters is 1. The van der Waals surface area contributed by atoms with Crippen LogP contribution >= 0.6 is 0 Å². The molecular formula is C62H83IO9-2. The Hall–Kier alpha value is -4.81. The van der Waals surface area contributed by atoms with Crippen LogP contribution < -0.4 is 33.5 Å². The van der Waals surface area contributed by atoms with Crippen LogP contribution in [0.1, 0.15) is 188 Å². The molecule has 0 radical (unpaired) electrons. The van der Waals surface area contributed by atoms with E-state index in [1.54, 1.807) is 0 Å². The number of hydrogen-bond donors (Lipinski definition) is 2. The predicted molar refractivity (Wildman–Crippen MR) is 284 cm³/mol. The third-order valence-electron chi connectivity index (χ3n) is 15.3. The average molecular weight is 1100 g/mol. The van der Waals surface area contributed by atoms with Gasteiger partial charge in [-0.1, -0.05) is 113 Å². The molecule has 4 saturated carbocycles. The number of aryl methyl sites for hydroxylation is 2. The summed E-state index contributed by atoms with van der Waals surface area (Å²) in [5, 5.41) is 18.5. The smallest absolute Gasteiger partial charge is 0.309 e. The molecule has 4 aromatic rings. The number of halogens is 1. The van der Waals surface area contributed by atoms with Gasteiger partial charge in [0.15, 0.2) is 0 Å². The van der Waals surface area contributed by atoms with Crippen LogP contribution in [0.4, 0.5) is 0 Å². The van der Waals surface area contributed by atoms with E-state index in [4.69, 9.17) is 28.8 Å². The van der Waals surface area contributed by atoms with Gasteiger partial charge in [-0.25, -0.2) is 0 Å². The Kier molecular flexibility index (Phi) is 25.6. The summed E-state index contributed by atoms with van der Waals surface area (Å²) in [4.78, 5) is 23.8. The van der Waals surface area contributed by atoms with Gasteiger partial charge in [-0.15, -0.1) is 0 Å². The molecule has 0 heterocycles. The van der Waals surface area contributed by atoms with Crippen LogP contribution in [0.25, 0.3) is 0 Å². The number of aliphatic hydroxyl groups excluding tert-OH is 1. The SMILES string of the molecule is C=COCOc1ccc(C2CCC(O)CC2)cc1.C=COCOc1ccc(C2CCC(OC(=O)C3CCC(c4ccc(CCC)cc4)CC3)CC2)cc1.CCCc1ccc(C2CCC(C(=O)O)CC2)cc1.[H-].[I-]. The second kappa shape index (κ2) is 31.7. The second-order valence-electron chi connectivity index (χ2n) is 20.2. The van der Waals surface area contributed by atoms with Crippen LogP contribution in [-0.2, 0) is 36.6 Å². The molecule has 0 aromatic heterocycles. The van der Waals surface area contributed by atoms with E-state index in [0.717, 1.165) is 127 Å². The molecule has 4 fully saturated rings. The van der Waals surface area contributed by atoms with Gasteiger partial charge in [0.2, 0.25) is 13.6 Å². The third kappa shape index (κ3) is 18.9. The van der Waals surface area contributed by atoms with Gasteiger partial charge >= 0.3 is 11.9 Å². The summed E-state index contributed by atoms with van der Waals surface area (Å²) in [7, 11) is 0. The van der Waals surface area contributed by atoms with Crippen LogP contribution in [-0.4, -0.2) is 47.9 Å². The number of ether oxygens (including phenoxy) is 5. The van der Waals surface area contributed by atoms with Gasteiger partial charge in [0.05, 0.1) is 30.5 Å². The van der Waals surface area contributed by atoms with Crippen molar-refractivity contribution in [2.75, 3.05) is 13.6 Å². The monoisotopic (exact) mass is 1100 g/mol. The standard InChI is InChI=1S/C31H40O4.C16H22O2.C15H20O3.HI.H/c1-3-5-23-6-8-24(9-7-23)25-10-12-28(13-11-25)31(32)35-30-20-16-27(17-21-30)26-14-18-29(19-15-26)34-22-33-4-2;1-2-3-12-4-6-13(7-5-12)14-8-10-15(11-9-14)16(17)18;1-2-17-11-18-15-9-5-13(6-10-15)12-3-7-14(16)8-4-12;;/h4,6-9,14-15,18-19,25,27-28,30H,2-3,5,10-13,16-17,20-22H2,1H3;4-7,14-15H,2-3,8-11H2,1H3,(H,17,18);2,5-6,9-10,12,14,16H,1,3-4,7-8,11H2;1H;/q;;;;-1/p-1.